The van der Waals surface area contributed by atoms with Gasteiger partial charge in [0.2, 0.25) is 53.2 Å². The van der Waals surface area contributed by atoms with Crippen molar-refractivity contribution in [1.29, 1.82) is 0 Å². The molecule has 47 heteroatoms. The summed E-state index contributed by atoms with van der Waals surface area (Å²) in [4.78, 5) is 213. The van der Waals surface area contributed by atoms with E-state index in [4.69, 9.17) is 67.9 Å². The molecule has 5 atom stereocenters. The van der Waals surface area contributed by atoms with E-state index in [1.54, 1.807) is 38.7 Å². The van der Waals surface area contributed by atoms with Crippen LogP contribution in [0.1, 0.15) is 147 Å². The number of carboxylic acid groups (broad SMARTS) is 2. The number of alkyl carbamates (subject to hydrolysis) is 2. The number of anilines is 1. The summed E-state index contributed by atoms with van der Waals surface area (Å²) >= 11 is 0. The maximum atomic E-state index is 15.5. The number of aliphatic hydroxyl groups is 1. The SMILES string of the molecule is CC[C@@]1(O)C(=O)OCc2c1cc1n(c2=O)Cc2c-1nc1cc(F)c(C)c3c1c2[C@@H](NC(=O)COCNC(=O)CNC(=O)OCc1ccc(NC(=O)[C@H](CCCNC(N)=O)NC(=O)[C@@H](NC(=O)[C@H](CCC(=O)O)NC(=O)CCOCCOCCNC(=O)CN(CCOCCOCCOCCNC(=O)OCC2c4ccccc4-c4ccccc42)CC(=O)NCCOCCOCCC(=O)NCCCC(=O)O)C(C)C)cc1)CC3. The van der Waals surface area contributed by atoms with Gasteiger partial charge in [-0.1, -0.05) is 81.4 Å². The number of aliphatic carboxylic acids is 2. The number of carboxylic acids is 2. The highest BCUT2D eigenvalue weighted by molar-refractivity contribution is 6.00. The third-order valence-corrected chi connectivity index (χ3v) is 24.1. The van der Waals surface area contributed by atoms with Crippen molar-refractivity contribution in [1.82, 2.24) is 72.9 Å². The van der Waals surface area contributed by atoms with Crippen molar-refractivity contribution in [3.05, 3.63) is 151 Å². The van der Waals surface area contributed by atoms with Crippen molar-refractivity contribution in [2.24, 2.45) is 11.7 Å². The number of aromatic nitrogens is 2. The molecule has 4 aromatic carbocycles. The molecule has 2 aliphatic heterocycles. The molecule has 0 fully saturated rings. The van der Waals surface area contributed by atoms with Crippen molar-refractivity contribution in [3.63, 3.8) is 0 Å². The molecule has 10 rings (SSSR count). The normalized spacial score (nSPS) is 14.7. The number of fused-ring (bicyclic) bond motifs is 8. The number of aryl methyl sites for hydroxylation is 1. The Morgan fingerprint density at radius 3 is 1.78 bits per heavy atom. The molecule has 0 saturated heterocycles. The standard InChI is InChI=1S/C98H129FN16O30/c1-5-98(134)71-48-77-89-68(51-115(77)93(129)70(71)56-143-94(98)130)87-73(23-22-63-60(4)72(99)49-76(111-89)86(63)87)109-83(121)57-142-58-107-80(118)50-106-97(133)144-54-61-18-20-62(21-19-61)108-90(126)74(16-10-29-104-95(100)131)112-92(128)88(59(2)3)113-91(127)75(24-25-85(124)125)110-79(117)27-35-136-41-43-138-37-31-103-82(120)53-114(52-81(119)102-30-36-137-42-40-135-34-26-78(116)101-28-11-17-84(122)123)33-39-140-45-47-141-46-44-139-38-32-105-96(132)145-55-69-66-14-8-6-12-64(66)65-13-7-9-15-67(65)69/h6-9,12-15,18-21,48-49,59,69,73-75,88,134H,5,10-11,16-17,22-47,50-58H2,1-4H3,(H,101,116)(H,102,119)(H,103,120)(H,105,132)(H,106,133)(H,107,118)(H,108,126)(H,109,121)(H,110,117)(H,112,128)(H,113,127)(H,122,123)(H,124,125)(H3,100,104,131)/t73-,74-,75-,88-,98-/m0/s1. The highest BCUT2D eigenvalue weighted by Crippen LogP contribution is 2.47. The smallest absolute Gasteiger partial charge is 0.407 e. The van der Waals surface area contributed by atoms with E-state index in [1.165, 1.54) is 34.9 Å². The number of pyridine rings is 2. The highest BCUT2D eigenvalue weighted by Gasteiger charge is 2.47. The van der Waals surface area contributed by atoms with E-state index in [9.17, 15) is 86.9 Å². The second kappa shape index (κ2) is 58.2. The number of nitrogens with one attached hydrogen (secondary N) is 12. The number of halogens is 1. The van der Waals surface area contributed by atoms with Gasteiger partial charge in [-0.05, 0) is 120 Å². The number of primary amides is 1. The van der Waals surface area contributed by atoms with E-state index in [0.717, 1.165) is 22.3 Å². The molecule has 4 aliphatic rings. The van der Waals surface area contributed by atoms with Crippen molar-refractivity contribution >= 4 is 106 Å². The first-order valence-corrected chi connectivity index (χ1v) is 48.1. The molecule has 0 saturated carbocycles. The number of urea groups is 1. The van der Waals surface area contributed by atoms with Crippen LogP contribution in [0.2, 0.25) is 0 Å². The molecule has 0 unspecified atom stereocenters. The Labute approximate surface area is 834 Å². The third-order valence-electron chi connectivity index (χ3n) is 24.1. The van der Waals surface area contributed by atoms with Crippen molar-refractivity contribution < 1.29 is 144 Å². The summed E-state index contributed by atoms with van der Waals surface area (Å²) < 4.78 is 77.7. The molecule has 13 amide bonds. The first-order chi connectivity index (χ1) is 69.8. The van der Waals surface area contributed by atoms with E-state index in [0.29, 0.717) is 63.9 Å². The van der Waals surface area contributed by atoms with Crippen LogP contribution in [0.4, 0.5) is 24.5 Å². The highest BCUT2D eigenvalue weighted by atomic mass is 19.1. The molecule has 4 heterocycles. The summed E-state index contributed by atoms with van der Waals surface area (Å²) in [6.45, 7) is 6.69. The maximum absolute atomic E-state index is 15.5. The Morgan fingerprint density at radius 2 is 1.16 bits per heavy atom. The van der Waals surface area contributed by atoms with Crippen LogP contribution >= 0.6 is 0 Å². The van der Waals surface area contributed by atoms with E-state index in [2.05, 4.69) is 75.9 Å². The number of esters is 1. The molecule has 2 aliphatic carbocycles. The molecule has 0 spiro atoms. The Bertz CT molecular complexity index is 5530. The van der Waals surface area contributed by atoms with Gasteiger partial charge in [0.25, 0.3) is 5.56 Å². The minimum absolute atomic E-state index is 0.000744. The van der Waals surface area contributed by atoms with Crippen LogP contribution in [0.15, 0.2) is 89.7 Å². The monoisotopic (exact) mass is 2030 g/mol. The second-order valence-corrected chi connectivity index (χ2v) is 34.8. The molecule has 0 bridgehead atoms. The zero-order chi connectivity index (χ0) is 104. The van der Waals surface area contributed by atoms with Gasteiger partial charge >= 0.3 is 36.1 Å². The molecule has 145 heavy (non-hydrogen) atoms. The molecule has 2 aromatic heterocycles. The number of cyclic esters (lactones) is 1. The van der Waals surface area contributed by atoms with Gasteiger partial charge in [0.15, 0.2) is 5.60 Å². The van der Waals surface area contributed by atoms with Crippen LogP contribution < -0.4 is 75.1 Å². The van der Waals surface area contributed by atoms with Crippen LogP contribution in [-0.4, -0.2) is 309 Å². The summed E-state index contributed by atoms with van der Waals surface area (Å²) in [5.41, 5.74) is 11.3. The largest absolute Gasteiger partial charge is 0.481 e. The lowest BCUT2D eigenvalue weighted by molar-refractivity contribution is -0.172. The number of carbonyl (C=O) groups excluding carboxylic acids is 13. The number of hydrogen-bond acceptors (Lipinski definition) is 30. The maximum Gasteiger partial charge on any atom is 0.407 e. The van der Waals surface area contributed by atoms with Crippen molar-refractivity contribution in [2.45, 2.75) is 154 Å². The fourth-order valence-electron chi connectivity index (χ4n) is 16.6. The average Bonchev–Trinajstić information content (AvgIpc) is 1.56. The molecule has 788 valence electrons. The van der Waals surface area contributed by atoms with Gasteiger partial charge in [0.05, 0.1) is 141 Å². The lowest BCUT2D eigenvalue weighted by Gasteiger charge is -2.31. The Balaban J connectivity index is 0.595. The summed E-state index contributed by atoms with van der Waals surface area (Å²) in [7, 11) is 0. The number of hydrogen-bond donors (Lipinski definition) is 16. The van der Waals surface area contributed by atoms with Crippen LogP contribution in [0.25, 0.3) is 33.4 Å². The predicted molar refractivity (Wildman–Crippen MR) is 515 cm³/mol. The predicted octanol–water partition coefficient (Wildman–Crippen LogP) is 1.96. The van der Waals surface area contributed by atoms with E-state index < -0.39 is 157 Å². The quantitative estimate of drug-likeness (QED) is 0.0112. The van der Waals surface area contributed by atoms with Gasteiger partial charge < -0.3 is 142 Å². The summed E-state index contributed by atoms with van der Waals surface area (Å²) in [6, 6.07) is 19.3. The topological polar surface area (TPSA) is 627 Å². The van der Waals surface area contributed by atoms with Gasteiger partial charge in [-0.15, -0.1) is 0 Å². The fourth-order valence-corrected chi connectivity index (χ4v) is 16.6. The molecular weight excluding hydrogens is 1900 g/mol. The van der Waals surface area contributed by atoms with Gasteiger partial charge in [-0.3, -0.25) is 62.4 Å². The van der Waals surface area contributed by atoms with Crippen molar-refractivity contribution in [3.8, 4) is 22.5 Å². The Kier molecular flexibility index (Phi) is 45.5. The van der Waals surface area contributed by atoms with E-state index >= 15 is 4.39 Å². The molecule has 17 N–H and O–H groups in total. The van der Waals surface area contributed by atoms with Gasteiger partial charge in [0, 0.05) is 99.1 Å². The number of benzene rings is 4. The summed E-state index contributed by atoms with van der Waals surface area (Å²) in [6.07, 6.45) is -1.76. The zero-order valence-corrected chi connectivity index (χ0v) is 81.5. The number of nitrogens with two attached hydrogens (primary N) is 1. The summed E-state index contributed by atoms with van der Waals surface area (Å²) in [5, 5.41) is 61.8. The number of carbonyl (C=O) groups is 15. The first kappa shape index (κ1) is 113. The number of ether oxygens (including phenoxy) is 11. The number of amides is 13. The van der Waals surface area contributed by atoms with Crippen LogP contribution in [-0.2, 0) is 141 Å². The van der Waals surface area contributed by atoms with Crippen LogP contribution in [0.5, 0.6) is 0 Å². The minimum Gasteiger partial charge on any atom is -0.481 e. The van der Waals surface area contributed by atoms with Gasteiger partial charge in [-0.25, -0.2) is 28.6 Å². The number of rotatable bonds is 65. The Morgan fingerprint density at radius 1 is 0.579 bits per heavy atom. The second-order valence-electron chi connectivity index (χ2n) is 34.8. The van der Waals surface area contributed by atoms with Gasteiger partial charge in [-0.2, -0.15) is 0 Å². The van der Waals surface area contributed by atoms with Crippen LogP contribution in [0.3, 0.4) is 0 Å². The zero-order valence-electron chi connectivity index (χ0n) is 81.5. The fraction of sp³-hybridized carbons (Fsp3) is 0.520. The molecule has 0 radical (unpaired) electrons. The third kappa shape index (κ3) is 35.0. The van der Waals surface area contributed by atoms with Crippen molar-refractivity contribution in [2.75, 3.05) is 177 Å². The molecule has 6 aromatic rings. The lowest BCUT2D eigenvalue weighted by Crippen LogP contribution is -2.58. The first-order valence-electron chi connectivity index (χ1n) is 48.1. The van der Waals surface area contributed by atoms with Crippen LogP contribution in [0, 0.1) is 18.7 Å². The van der Waals surface area contributed by atoms with E-state index in [-0.39, 0.29) is 250 Å². The van der Waals surface area contributed by atoms with Gasteiger partial charge in [0.1, 0.15) is 63.6 Å². The molecular formula is C98H129FN16O30. The Hall–Kier alpha value is -13.8. The number of nitrogens with zero attached hydrogens (tertiary/aromatic N) is 3. The minimum atomic E-state index is -2.08. The molecule has 46 nitrogen and oxygen atoms in total. The summed E-state index contributed by atoms with van der Waals surface area (Å²) in [5.74, 6) is -9.92. The average molecular weight is 2030 g/mol. The van der Waals surface area contributed by atoms with E-state index in [1.807, 2.05) is 36.4 Å². The lowest BCUT2D eigenvalue weighted by atomic mass is 9.81.